The van der Waals surface area contributed by atoms with Crippen molar-refractivity contribution in [2.45, 2.75) is 46.2 Å². The largest absolute Gasteiger partial charge is 0.484 e. The van der Waals surface area contributed by atoms with Crippen LogP contribution in [-0.2, 0) is 16.1 Å². The highest BCUT2D eigenvalue weighted by Crippen LogP contribution is 2.21. The van der Waals surface area contributed by atoms with Crippen LogP contribution in [0.25, 0.3) is 0 Å². The Labute approximate surface area is 178 Å². The predicted octanol–water partition coefficient (Wildman–Crippen LogP) is 4.36. The Kier molecular flexibility index (Phi) is 9.00. The molecule has 0 saturated carbocycles. The second kappa shape index (κ2) is 11.5. The van der Waals surface area contributed by atoms with Crippen LogP contribution >= 0.6 is 11.6 Å². The first kappa shape index (κ1) is 22.8. The zero-order valence-corrected chi connectivity index (χ0v) is 18.0. The van der Waals surface area contributed by atoms with Gasteiger partial charge in [0.15, 0.2) is 6.61 Å². The number of aryl methyl sites for hydroxylation is 1. The van der Waals surface area contributed by atoms with E-state index in [0.717, 1.165) is 17.5 Å². The number of para-hydroxylation sites is 1. The molecule has 0 saturated heterocycles. The molecular formula is C23H29ClN2O3. The second-order valence-electron chi connectivity index (χ2n) is 6.88. The summed E-state index contributed by atoms with van der Waals surface area (Å²) in [7, 11) is 0. The van der Waals surface area contributed by atoms with E-state index in [1.165, 1.54) is 0 Å². The summed E-state index contributed by atoms with van der Waals surface area (Å²) in [4.78, 5) is 27.4. The summed E-state index contributed by atoms with van der Waals surface area (Å²) >= 11 is 6.31. The molecule has 5 nitrogen and oxygen atoms in total. The highest BCUT2D eigenvalue weighted by molar-refractivity contribution is 6.31. The molecule has 1 N–H and O–H groups in total. The Balaban J connectivity index is 2.22. The van der Waals surface area contributed by atoms with Crippen LogP contribution in [0.15, 0.2) is 48.5 Å². The Hall–Kier alpha value is -2.53. The summed E-state index contributed by atoms with van der Waals surface area (Å²) in [5.74, 6) is 0.236. The van der Waals surface area contributed by atoms with E-state index in [2.05, 4.69) is 5.32 Å². The smallest absolute Gasteiger partial charge is 0.261 e. The molecule has 0 unspecified atom stereocenters. The molecule has 2 aromatic carbocycles. The molecule has 2 rings (SSSR count). The quantitative estimate of drug-likeness (QED) is 0.626. The molecule has 0 radical (unpaired) electrons. The van der Waals surface area contributed by atoms with Gasteiger partial charge in [0.05, 0.1) is 0 Å². The molecule has 6 heteroatoms. The van der Waals surface area contributed by atoms with E-state index in [1.807, 2.05) is 63.2 Å². The lowest BCUT2D eigenvalue weighted by atomic mass is 10.1. The summed E-state index contributed by atoms with van der Waals surface area (Å²) in [5.41, 5.74) is 1.74. The fourth-order valence-corrected chi connectivity index (χ4v) is 3.23. The Bertz CT molecular complexity index is 825. The molecule has 0 aliphatic carbocycles. The van der Waals surface area contributed by atoms with Gasteiger partial charge in [0, 0.05) is 18.1 Å². The first-order valence-electron chi connectivity index (χ1n) is 9.96. The highest BCUT2D eigenvalue weighted by atomic mass is 35.5. The van der Waals surface area contributed by atoms with Crippen molar-refractivity contribution in [3.63, 3.8) is 0 Å². The molecule has 0 aliphatic rings. The Morgan fingerprint density at radius 2 is 1.79 bits per heavy atom. The normalized spacial score (nSPS) is 11.6. The minimum Gasteiger partial charge on any atom is -0.484 e. The number of benzene rings is 2. The van der Waals surface area contributed by atoms with Crippen LogP contribution in [0.3, 0.4) is 0 Å². The van der Waals surface area contributed by atoms with Crippen molar-refractivity contribution in [1.29, 1.82) is 0 Å². The summed E-state index contributed by atoms with van der Waals surface area (Å²) in [6, 6.07) is 14.3. The van der Waals surface area contributed by atoms with Gasteiger partial charge in [-0.3, -0.25) is 9.59 Å². The van der Waals surface area contributed by atoms with Gasteiger partial charge in [-0.1, -0.05) is 61.8 Å². The van der Waals surface area contributed by atoms with Gasteiger partial charge in [-0.25, -0.2) is 0 Å². The van der Waals surface area contributed by atoms with E-state index in [0.29, 0.717) is 23.7 Å². The maximum atomic E-state index is 13.1. The van der Waals surface area contributed by atoms with Crippen LogP contribution in [-0.4, -0.2) is 35.9 Å². The minimum atomic E-state index is -0.592. The van der Waals surface area contributed by atoms with Crippen LogP contribution in [0.4, 0.5) is 0 Å². The van der Waals surface area contributed by atoms with Crippen molar-refractivity contribution in [2.24, 2.45) is 0 Å². The van der Waals surface area contributed by atoms with E-state index >= 15 is 0 Å². The van der Waals surface area contributed by atoms with Gasteiger partial charge in [-0.2, -0.15) is 0 Å². The average Bonchev–Trinajstić information content (AvgIpc) is 2.72. The third-order valence-electron chi connectivity index (χ3n) is 4.68. The number of amides is 2. The number of halogens is 1. The lowest BCUT2D eigenvalue weighted by molar-refractivity contribution is -0.143. The number of nitrogens with zero attached hydrogens (tertiary/aromatic N) is 1. The lowest BCUT2D eigenvalue weighted by Gasteiger charge is -2.31. The Morgan fingerprint density at radius 3 is 2.45 bits per heavy atom. The van der Waals surface area contributed by atoms with Crippen LogP contribution in [0.2, 0.25) is 5.02 Å². The molecule has 0 aromatic heterocycles. The molecule has 1 atom stereocenters. The fraction of sp³-hybridized carbons (Fsp3) is 0.391. The SMILES string of the molecule is CCCNC(=O)[C@H](CC)N(Cc1ccccc1Cl)C(=O)COc1ccccc1C. The summed E-state index contributed by atoms with van der Waals surface area (Å²) in [6.07, 6.45) is 1.33. The molecule has 0 bridgehead atoms. The number of carbonyl (C=O) groups excluding carboxylic acids is 2. The number of hydrogen-bond donors (Lipinski definition) is 1. The number of nitrogens with one attached hydrogen (secondary N) is 1. The standard InChI is InChI=1S/C23H29ClN2O3/c1-4-14-25-23(28)20(5-2)26(15-18-11-7-8-12-19(18)24)22(27)16-29-21-13-9-6-10-17(21)3/h6-13,20H,4-5,14-16H2,1-3H3,(H,25,28)/t20-/m0/s1. The summed E-state index contributed by atoms with van der Waals surface area (Å²) in [6.45, 7) is 6.48. The Morgan fingerprint density at radius 1 is 1.10 bits per heavy atom. The van der Waals surface area contributed by atoms with Gasteiger partial charge in [0.25, 0.3) is 5.91 Å². The van der Waals surface area contributed by atoms with Crippen molar-refractivity contribution in [2.75, 3.05) is 13.2 Å². The van der Waals surface area contributed by atoms with Crippen LogP contribution < -0.4 is 10.1 Å². The molecule has 0 fully saturated rings. The van der Waals surface area contributed by atoms with Gasteiger partial charge in [0.2, 0.25) is 5.91 Å². The van der Waals surface area contributed by atoms with Gasteiger partial charge < -0.3 is 15.0 Å². The average molecular weight is 417 g/mol. The van der Waals surface area contributed by atoms with E-state index < -0.39 is 6.04 Å². The first-order chi connectivity index (χ1) is 14.0. The van der Waals surface area contributed by atoms with Crippen LogP contribution in [0.1, 0.15) is 37.8 Å². The third kappa shape index (κ3) is 6.50. The number of rotatable bonds is 10. The maximum absolute atomic E-state index is 13.1. The zero-order chi connectivity index (χ0) is 21.2. The topological polar surface area (TPSA) is 58.6 Å². The van der Waals surface area contributed by atoms with Gasteiger partial charge in [-0.15, -0.1) is 0 Å². The predicted molar refractivity (Wildman–Crippen MR) is 116 cm³/mol. The van der Waals surface area contributed by atoms with Gasteiger partial charge in [0.1, 0.15) is 11.8 Å². The minimum absolute atomic E-state index is 0.146. The second-order valence-corrected chi connectivity index (χ2v) is 7.29. The fourth-order valence-electron chi connectivity index (χ4n) is 3.04. The van der Waals surface area contributed by atoms with Crippen LogP contribution in [0.5, 0.6) is 5.75 Å². The van der Waals surface area contributed by atoms with E-state index in [4.69, 9.17) is 16.3 Å². The molecule has 156 valence electrons. The maximum Gasteiger partial charge on any atom is 0.261 e. The molecule has 29 heavy (non-hydrogen) atoms. The van der Waals surface area contributed by atoms with Crippen molar-refractivity contribution < 1.29 is 14.3 Å². The summed E-state index contributed by atoms with van der Waals surface area (Å²) in [5, 5.41) is 3.46. The molecule has 0 aliphatic heterocycles. The van der Waals surface area contributed by atoms with E-state index in [1.54, 1.807) is 11.0 Å². The van der Waals surface area contributed by atoms with E-state index in [-0.39, 0.29) is 25.0 Å². The van der Waals surface area contributed by atoms with Crippen molar-refractivity contribution in [3.05, 3.63) is 64.7 Å². The molecule has 2 aromatic rings. The zero-order valence-electron chi connectivity index (χ0n) is 17.3. The first-order valence-corrected chi connectivity index (χ1v) is 10.3. The summed E-state index contributed by atoms with van der Waals surface area (Å²) < 4.78 is 5.75. The van der Waals surface area contributed by atoms with E-state index in [9.17, 15) is 9.59 Å². The third-order valence-corrected chi connectivity index (χ3v) is 5.05. The molecule has 2 amide bonds. The highest BCUT2D eigenvalue weighted by Gasteiger charge is 2.29. The monoisotopic (exact) mass is 416 g/mol. The lowest BCUT2D eigenvalue weighted by Crippen LogP contribution is -2.50. The molecular weight excluding hydrogens is 388 g/mol. The molecule has 0 heterocycles. The number of hydrogen-bond acceptors (Lipinski definition) is 3. The molecule has 0 spiro atoms. The van der Waals surface area contributed by atoms with Gasteiger partial charge in [-0.05, 0) is 43.0 Å². The van der Waals surface area contributed by atoms with Crippen molar-refractivity contribution in [3.8, 4) is 5.75 Å². The van der Waals surface area contributed by atoms with Crippen molar-refractivity contribution >= 4 is 23.4 Å². The van der Waals surface area contributed by atoms with Crippen molar-refractivity contribution in [1.82, 2.24) is 10.2 Å². The number of ether oxygens (including phenoxy) is 1. The van der Waals surface area contributed by atoms with Gasteiger partial charge >= 0.3 is 0 Å². The van der Waals surface area contributed by atoms with Crippen LogP contribution in [0, 0.1) is 6.92 Å². The number of carbonyl (C=O) groups is 2.